The van der Waals surface area contributed by atoms with Crippen LogP contribution in [0.3, 0.4) is 0 Å². The second-order valence-corrected chi connectivity index (χ2v) is 7.26. The van der Waals surface area contributed by atoms with Crippen LogP contribution in [-0.2, 0) is 0 Å². The molecule has 4 aromatic carbocycles. The van der Waals surface area contributed by atoms with Crippen molar-refractivity contribution in [3.8, 4) is 0 Å². The van der Waals surface area contributed by atoms with Crippen molar-refractivity contribution in [1.82, 2.24) is 4.68 Å². The van der Waals surface area contributed by atoms with Gasteiger partial charge in [-0.3, -0.25) is 4.68 Å². The minimum Gasteiger partial charge on any atom is -0.456 e. The summed E-state index contributed by atoms with van der Waals surface area (Å²) >= 11 is 0. The minimum absolute atomic E-state index is 0.857. The predicted octanol–water partition coefficient (Wildman–Crippen LogP) is 6.31. The summed E-state index contributed by atoms with van der Waals surface area (Å²) < 4.78 is 14.1. The molecule has 7 aromatic rings. The highest BCUT2D eigenvalue weighted by Gasteiger charge is 2.18. The first-order chi connectivity index (χ1) is 13.8. The topological polar surface area (TPSA) is 57.2 Å². The maximum absolute atomic E-state index is 6.39. The Labute approximate surface area is 158 Å². The first-order valence-corrected chi connectivity index (χ1v) is 9.24. The number of hydrogen-bond acceptors (Lipinski definition) is 3. The molecule has 0 fully saturated rings. The van der Waals surface area contributed by atoms with E-state index < -0.39 is 0 Å². The van der Waals surface area contributed by atoms with Crippen LogP contribution >= 0.6 is 0 Å². The molecule has 0 aliphatic heterocycles. The van der Waals surface area contributed by atoms with Crippen LogP contribution in [-0.4, -0.2) is 4.68 Å². The number of fused-ring (bicyclic) bond motifs is 10. The largest absolute Gasteiger partial charge is 0.456 e. The van der Waals surface area contributed by atoms with Gasteiger partial charge in [0.25, 0.3) is 0 Å². The number of benzene rings is 4. The molecule has 3 heterocycles. The monoisotopic (exact) mass is 362 g/mol. The van der Waals surface area contributed by atoms with Crippen LogP contribution in [0, 0.1) is 0 Å². The molecule has 0 amide bonds. The summed E-state index contributed by atoms with van der Waals surface area (Å²) in [5, 5.41) is 6.53. The van der Waals surface area contributed by atoms with Crippen molar-refractivity contribution < 1.29 is 8.83 Å². The third-order valence-electron chi connectivity index (χ3n) is 5.81. The van der Waals surface area contributed by atoms with E-state index >= 15 is 0 Å². The van der Waals surface area contributed by atoms with Crippen molar-refractivity contribution in [3.63, 3.8) is 0 Å². The fraction of sp³-hybridized carbons (Fsp3) is 0. The van der Waals surface area contributed by atoms with E-state index in [4.69, 9.17) is 14.7 Å². The number of hydrogen-bond donors (Lipinski definition) is 1. The zero-order valence-electron chi connectivity index (χ0n) is 14.8. The van der Waals surface area contributed by atoms with Crippen molar-refractivity contribution in [2.75, 3.05) is 5.84 Å². The molecule has 0 spiro atoms. The van der Waals surface area contributed by atoms with Gasteiger partial charge in [0.1, 0.15) is 22.3 Å². The number of para-hydroxylation sites is 2. The van der Waals surface area contributed by atoms with Gasteiger partial charge < -0.3 is 14.7 Å². The molecule has 0 saturated carbocycles. The lowest BCUT2D eigenvalue weighted by Gasteiger charge is -1.97. The Kier molecular flexibility index (Phi) is 2.37. The number of nitrogens with two attached hydrogens (primary N) is 1. The normalized spacial score (nSPS) is 12.4. The minimum atomic E-state index is 0.857. The molecule has 0 aliphatic rings. The molecule has 0 radical (unpaired) electrons. The van der Waals surface area contributed by atoms with Gasteiger partial charge in [0.05, 0.1) is 11.0 Å². The number of nitrogen functional groups attached to an aromatic ring is 1. The van der Waals surface area contributed by atoms with Gasteiger partial charge in [0.15, 0.2) is 0 Å². The van der Waals surface area contributed by atoms with Crippen LogP contribution in [0.1, 0.15) is 0 Å². The second kappa shape index (κ2) is 4.67. The van der Waals surface area contributed by atoms with Gasteiger partial charge in [-0.05, 0) is 36.4 Å². The average molecular weight is 362 g/mol. The van der Waals surface area contributed by atoms with Gasteiger partial charge in [-0.25, -0.2) is 0 Å². The van der Waals surface area contributed by atoms with Crippen LogP contribution < -0.4 is 5.84 Å². The van der Waals surface area contributed by atoms with E-state index in [9.17, 15) is 0 Å². The fourth-order valence-corrected chi connectivity index (χ4v) is 4.57. The molecule has 28 heavy (non-hydrogen) atoms. The summed E-state index contributed by atoms with van der Waals surface area (Å²) in [6, 6.07) is 24.5. The summed E-state index contributed by atoms with van der Waals surface area (Å²) in [6.45, 7) is 0. The molecule has 4 heteroatoms. The maximum atomic E-state index is 6.39. The van der Waals surface area contributed by atoms with E-state index in [0.29, 0.717) is 0 Å². The Balaban J connectivity index is 1.75. The van der Waals surface area contributed by atoms with E-state index in [0.717, 1.165) is 65.7 Å². The van der Waals surface area contributed by atoms with E-state index in [-0.39, 0.29) is 0 Å². The van der Waals surface area contributed by atoms with Gasteiger partial charge in [-0.15, -0.1) is 0 Å². The highest BCUT2D eigenvalue weighted by Crippen LogP contribution is 2.41. The van der Waals surface area contributed by atoms with Crippen LogP contribution in [0.15, 0.2) is 81.6 Å². The molecule has 132 valence electrons. The molecular weight excluding hydrogens is 348 g/mol. The Bertz CT molecular complexity index is 1730. The van der Waals surface area contributed by atoms with E-state index in [2.05, 4.69) is 24.3 Å². The maximum Gasteiger partial charge on any atom is 0.136 e. The third kappa shape index (κ3) is 1.57. The number of furan rings is 2. The Morgan fingerprint density at radius 3 is 2.18 bits per heavy atom. The Hall–Kier alpha value is -3.92. The summed E-state index contributed by atoms with van der Waals surface area (Å²) in [5.74, 6) is 6.39. The molecule has 0 saturated heterocycles. The van der Waals surface area contributed by atoms with Crippen molar-refractivity contribution in [3.05, 3.63) is 72.8 Å². The third-order valence-corrected chi connectivity index (χ3v) is 5.81. The zero-order chi connectivity index (χ0) is 18.4. The van der Waals surface area contributed by atoms with Crippen LogP contribution in [0.2, 0.25) is 0 Å². The lowest BCUT2D eigenvalue weighted by molar-refractivity contribution is 0.664. The SMILES string of the molecule is Nn1c2ccccc2c2c3c(ccc21)oc1cc2c(cc13)oc1ccccc12. The molecule has 7 rings (SSSR count). The number of nitrogens with zero attached hydrogens (tertiary/aromatic N) is 1. The van der Waals surface area contributed by atoms with E-state index in [1.807, 2.05) is 48.5 Å². The summed E-state index contributed by atoms with van der Waals surface area (Å²) in [5.41, 5.74) is 5.46. The second-order valence-electron chi connectivity index (χ2n) is 7.26. The summed E-state index contributed by atoms with van der Waals surface area (Å²) in [4.78, 5) is 0. The van der Waals surface area contributed by atoms with Gasteiger partial charge in [0, 0.05) is 32.3 Å². The fourth-order valence-electron chi connectivity index (χ4n) is 4.57. The van der Waals surface area contributed by atoms with Crippen molar-refractivity contribution in [2.45, 2.75) is 0 Å². The van der Waals surface area contributed by atoms with Crippen molar-refractivity contribution in [1.29, 1.82) is 0 Å². The number of aromatic nitrogens is 1. The van der Waals surface area contributed by atoms with Crippen LogP contribution in [0.4, 0.5) is 0 Å². The highest BCUT2D eigenvalue weighted by molar-refractivity contribution is 6.28. The standard InChI is InChI=1S/C24H14N2O2/c25-26-17-7-3-1-6-14(17)23-18(26)9-10-20-24(23)16-12-21-15(11-22(16)28-20)13-5-2-4-8-19(13)27-21/h1-12H,25H2. The predicted molar refractivity (Wildman–Crippen MR) is 114 cm³/mol. The quantitative estimate of drug-likeness (QED) is 0.322. The first kappa shape index (κ1) is 14.2. The van der Waals surface area contributed by atoms with Gasteiger partial charge in [-0.2, -0.15) is 0 Å². The smallest absolute Gasteiger partial charge is 0.136 e. The lowest BCUT2D eigenvalue weighted by Crippen LogP contribution is -2.06. The van der Waals surface area contributed by atoms with Crippen LogP contribution in [0.25, 0.3) is 65.7 Å². The number of rotatable bonds is 0. The van der Waals surface area contributed by atoms with Gasteiger partial charge >= 0.3 is 0 Å². The highest BCUT2D eigenvalue weighted by atomic mass is 16.3. The molecule has 0 aliphatic carbocycles. The van der Waals surface area contributed by atoms with Crippen molar-refractivity contribution >= 4 is 65.7 Å². The average Bonchev–Trinajstić information content (AvgIpc) is 3.36. The zero-order valence-corrected chi connectivity index (χ0v) is 14.8. The van der Waals surface area contributed by atoms with Crippen LogP contribution in [0.5, 0.6) is 0 Å². The molecule has 2 N–H and O–H groups in total. The lowest BCUT2D eigenvalue weighted by atomic mass is 10.0. The van der Waals surface area contributed by atoms with Crippen molar-refractivity contribution in [2.24, 2.45) is 0 Å². The first-order valence-electron chi connectivity index (χ1n) is 9.24. The molecule has 0 atom stereocenters. The van der Waals surface area contributed by atoms with E-state index in [1.165, 1.54) is 0 Å². The van der Waals surface area contributed by atoms with Gasteiger partial charge in [-0.1, -0.05) is 36.4 Å². The molecule has 3 aromatic heterocycles. The molecule has 0 unspecified atom stereocenters. The van der Waals surface area contributed by atoms with Gasteiger partial charge in [0.2, 0.25) is 0 Å². The Morgan fingerprint density at radius 2 is 1.25 bits per heavy atom. The molecule has 4 nitrogen and oxygen atoms in total. The van der Waals surface area contributed by atoms with E-state index in [1.54, 1.807) is 4.68 Å². The summed E-state index contributed by atoms with van der Waals surface area (Å²) in [6.07, 6.45) is 0. The molecule has 0 bridgehead atoms. The molecular formula is C24H14N2O2. The summed E-state index contributed by atoms with van der Waals surface area (Å²) in [7, 11) is 0. The Morgan fingerprint density at radius 1 is 0.536 bits per heavy atom.